The summed E-state index contributed by atoms with van der Waals surface area (Å²) < 4.78 is 0. The van der Waals surface area contributed by atoms with Crippen molar-refractivity contribution in [3.63, 3.8) is 0 Å². The Hall–Kier alpha value is -2.09. The zero-order valence-electron chi connectivity index (χ0n) is 8.60. The fourth-order valence-corrected chi connectivity index (χ4v) is 2.35. The molecule has 0 fully saturated rings. The topological polar surface area (TPSA) is 37.3 Å². The molecule has 0 aromatic heterocycles. The van der Waals surface area contributed by atoms with E-state index < -0.39 is 0 Å². The van der Waals surface area contributed by atoms with E-state index in [0.717, 1.165) is 23.8 Å². The Morgan fingerprint density at radius 2 is 1.88 bits per heavy atom. The molecule has 0 aliphatic heterocycles. The van der Waals surface area contributed by atoms with E-state index in [0.29, 0.717) is 5.56 Å². The molecule has 3 rings (SSSR count). The average Bonchev–Trinajstić information content (AvgIpc) is 2.67. The molecule has 1 aliphatic carbocycles. The molecule has 0 unspecified atom stereocenters. The van der Waals surface area contributed by atoms with Gasteiger partial charge in [0.15, 0.2) is 6.29 Å². The number of hydrogen-bond donors (Lipinski definition) is 1. The number of rotatable bonds is 1. The number of aldehydes is 1. The second-order valence-corrected chi connectivity index (χ2v) is 3.98. The summed E-state index contributed by atoms with van der Waals surface area (Å²) in [6.45, 7) is 0. The molecule has 1 N–H and O–H groups in total. The lowest BCUT2D eigenvalue weighted by Crippen LogP contribution is -1.91. The molecule has 0 heterocycles. The quantitative estimate of drug-likeness (QED) is 0.627. The average molecular weight is 210 g/mol. The SMILES string of the molecule is O=Cc1c(O)ccc2c1Cc1ccccc1-2. The molecule has 0 spiro atoms. The Morgan fingerprint density at radius 1 is 1.06 bits per heavy atom. The summed E-state index contributed by atoms with van der Waals surface area (Å²) in [5.41, 5.74) is 4.81. The van der Waals surface area contributed by atoms with E-state index in [1.54, 1.807) is 6.07 Å². The van der Waals surface area contributed by atoms with Gasteiger partial charge in [0.05, 0.1) is 5.56 Å². The van der Waals surface area contributed by atoms with Crippen molar-refractivity contribution in [3.05, 3.63) is 53.1 Å². The van der Waals surface area contributed by atoms with E-state index >= 15 is 0 Å². The number of carbonyl (C=O) groups is 1. The minimum Gasteiger partial charge on any atom is -0.507 e. The predicted octanol–water partition coefficient (Wildman–Crippen LogP) is 2.78. The highest BCUT2D eigenvalue weighted by molar-refractivity contribution is 5.90. The first-order valence-electron chi connectivity index (χ1n) is 5.19. The van der Waals surface area contributed by atoms with E-state index in [2.05, 4.69) is 6.07 Å². The lowest BCUT2D eigenvalue weighted by Gasteiger charge is -2.04. The highest BCUT2D eigenvalue weighted by Gasteiger charge is 2.22. The third-order valence-corrected chi connectivity index (χ3v) is 3.13. The third kappa shape index (κ3) is 1.10. The molecule has 0 radical (unpaired) electrons. The van der Waals surface area contributed by atoms with Crippen molar-refractivity contribution in [2.45, 2.75) is 6.42 Å². The summed E-state index contributed by atoms with van der Waals surface area (Å²) in [6, 6.07) is 11.6. The molecule has 2 nitrogen and oxygen atoms in total. The molecule has 1 aliphatic rings. The molecular formula is C14H10O2. The van der Waals surface area contributed by atoms with Crippen molar-refractivity contribution in [2.75, 3.05) is 0 Å². The maximum absolute atomic E-state index is 11.0. The fraction of sp³-hybridized carbons (Fsp3) is 0.0714. The van der Waals surface area contributed by atoms with Crippen molar-refractivity contribution in [1.82, 2.24) is 0 Å². The van der Waals surface area contributed by atoms with Gasteiger partial charge in [0.2, 0.25) is 0 Å². The summed E-state index contributed by atoms with van der Waals surface area (Å²) in [4.78, 5) is 11.0. The Balaban J connectivity index is 2.32. The van der Waals surface area contributed by atoms with Crippen LogP contribution in [0.3, 0.4) is 0 Å². The van der Waals surface area contributed by atoms with Crippen LogP contribution in [0.5, 0.6) is 5.75 Å². The van der Waals surface area contributed by atoms with Crippen LogP contribution in [-0.2, 0) is 6.42 Å². The van der Waals surface area contributed by atoms with Crippen LogP contribution in [0.4, 0.5) is 0 Å². The summed E-state index contributed by atoms with van der Waals surface area (Å²) in [5.74, 6) is 0.0709. The van der Waals surface area contributed by atoms with E-state index in [1.807, 2.05) is 24.3 Å². The Bertz CT molecular complexity index is 585. The molecule has 0 saturated heterocycles. The zero-order chi connectivity index (χ0) is 11.1. The number of phenolic OH excluding ortho intramolecular Hbond substituents is 1. The van der Waals surface area contributed by atoms with Gasteiger partial charge in [-0.2, -0.15) is 0 Å². The van der Waals surface area contributed by atoms with Gasteiger partial charge in [0.1, 0.15) is 5.75 Å². The van der Waals surface area contributed by atoms with Gasteiger partial charge in [-0.05, 0) is 34.7 Å². The molecule has 2 aromatic carbocycles. The van der Waals surface area contributed by atoms with E-state index in [1.165, 1.54) is 11.1 Å². The molecule has 0 saturated carbocycles. The van der Waals surface area contributed by atoms with E-state index in [4.69, 9.17) is 0 Å². The number of hydrogen-bond acceptors (Lipinski definition) is 2. The number of aromatic hydroxyl groups is 1. The normalized spacial score (nSPS) is 12.0. The molecule has 0 amide bonds. The lowest BCUT2D eigenvalue weighted by molar-refractivity contribution is 0.112. The molecule has 16 heavy (non-hydrogen) atoms. The Kier molecular flexibility index (Phi) is 1.83. The maximum atomic E-state index is 11.0. The van der Waals surface area contributed by atoms with Crippen LogP contribution in [-0.4, -0.2) is 11.4 Å². The first-order chi connectivity index (χ1) is 7.81. The van der Waals surface area contributed by atoms with Gasteiger partial charge < -0.3 is 5.11 Å². The van der Waals surface area contributed by atoms with Crippen LogP contribution in [0, 0.1) is 0 Å². The summed E-state index contributed by atoms with van der Waals surface area (Å²) in [5, 5.41) is 9.62. The first kappa shape index (κ1) is 9.16. The fourth-order valence-electron chi connectivity index (χ4n) is 2.35. The van der Waals surface area contributed by atoms with Crippen LogP contribution in [0.2, 0.25) is 0 Å². The van der Waals surface area contributed by atoms with Crippen molar-refractivity contribution < 1.29 is 9.90 Å². The van der Waals surface area contributed by atoms with Gasteiger partial charge in [0.25, 0.3) is 0 Å². The van der Waals surface area contributed by atoms with E-state index in [9.17, 15) is 9.90 Å². The zero-order valence-corrected chi connectivity index (χ0v) is 8.60. The van der Waals surface area contributed by atoms with Gasteiger partial charge in [-0.1, -0.05) is 30.3 Å². The molecule has 0 bridgehead atoms. The molecule has 2 aromatic rings. The summed E-state index contributed by atoms with van der Waals surface area (Å²) in [7, 11) is 0. The summed E-state index contributed by atoms with van der Waals surface area (Å²) >= 11 is 0. The van der Waals surface area contributed by atoms with Crippen LogP contribution < -0.4 is 0 Å². The molecular weight excluding hydrogens is 200 g/mol. The van der Waals surface area contributed by atoms with Crippen molar-refractivity contribution >= 4 is 6.29 Å². The van der Waals surface area contributed by atoms with Gasteiger partial charge in [-0.15, -0.1) is 0 Å². The smallest absolute Gasteiger partial charge is 0.154 e. The van der Waals surface area contributed by atoms with Crippen LogP contribution >= 0.6 is 0 Å². The van der Waals surface area contributed by atoms with Crippen LogP contribution in [0.15, 0.2) is 36.4 Å². The van der Waals surface area contributed by atoms with Gasteiger partial charge >= 0.3 is 0 Å². The minimum absolute atomic E-state index is 0.0709. The third-order valence-electron chi connectivity index (χ3n) is 3.13. The number of carbonyl (C=O) groups excluding carboxylic acids is 1. The van der Waals surface area contributed by atoms with Gasteiger partial charge in [-0.25, -0.2) is 0 Å². The van der Waals surface area contributed by atoms with Crippen LogP contribution in [0.25, 0.3) is 11.1 Å². The molecule has 0 atom stereocenters. The number of fused-ring (bicyclic) bond motifs is 3. The van der Waals surface area contributed by atoms with Crippen molar-refractivity contribution in [2.24, 2.45) is 0 Å². The highest BCUT2D eigenvalue weighted by atomic mass is 16.3. The maximum Gasteiger partial charge on any atom is 0.154 e. The van der Waals surface area contributed by atoms with Gasteiger partial charge in [0, 0.05) is 0 Å². The Labute approximate surface area is 93.2 Å². The second-order valence-electron chi connectivity index (χ2n) is 3.98. The second kappa shape index (κ2) is 3.20. The van der Waals surface area contributed by atoms with Gasteiger partial charge in [-0.3, -0.25) is 4.79 Å². The Morgan fingerprint density at radius 3 is 2.69 bits per heavy atom. The monoisotopic (exact) mass is 210 g/mol. The summed E-state index contributed by atoms with van der Waals surface area (Å²) in [6.07, 6.45) is 1.47. The van der Waals surface area contributed by atoms with Crippen molar-refractivity contribution in [1.29, 1.82) is 0 Å². The number of phenols is 1. The minimum atomic E-state index is 0.0709. The molecule has 78 valence electrons. The first-order valence-corrected chi connectivity index (χ1v) is 5.19. The lowest BCUT2D eigenvalue weighted by atomic mass is 10.0. The number of benzene rings is 2. The van der Waals surface area contributed by atoms with E-state index in [-0.39, 0.29) is 5.75 Å². The largest absolute Gasteiger partial charge is 0.507 e. The molecule has 2 heteroatoms. The standard InChI is InChI=1S/C14H10O2/c15-8-13-12-7-9-3-1-2-4-10(9)11(12)5-6-14(13)16/h1-6,8,16H,7H2. The predicted molar refractivity (Wildman–Crippen MR) is 61.7 cm³/mol. The van der Waals surface area contributed by atoms with Crippen molar-refractivity contribution in [3.8, 4) is 16.9 Å². The van der Waals surface area contributed by atoms with Crippen LogP contribution in [0.1, 0.15) is 21.5 Å². The highest BCUT2D eigenvalue weighted by Crippen LogP contribution is 2.40.